The molecule has 4 aliphatic rings. The SMILES string of the molecule is CCc1ccc(NC(=O)COC(=O)CN2C(=O)[C@@H]3C4c5ccccc5C(c5ccccc54)[C@H]3C2=O)cc1. The van der Waals surface area contributed by atoms with Gasteiger partial charge in [0.25, 0.3) is 5.91 Å². The van der Waals surface area contributed by atoms with Gasteiger partial charge >= 0.3 is 5.97 Å². The maximum atomic E-state index is 13.5. The fourth-order valence-electron chi connectivity index (χ4n) is 6.24. The van der Waals surface area contributed by atoms with Gasteiger partial charge in [-0.3, -0.25) is 24.1 Å². The van der Waals surface area contributed by atoms with Gasteiger partial charge < -0.3 is 10.1 Å². The van der Waals surface area contributed by atoms with Gasteiger partial charge in [-0.2, -0.15) is 0 Å². The van der Waals surface area contributed by atoms with Crippen LogP contribution < -0.4 is 5.32 Å². The van der Waals surface area contributed by atoms with E-state index in [2.05, 4.69) is 5.32 Å². The molecule has 2 atom stereocenters. The van der Waals surface area contributed by atoms with E-state index in [1.54, 1.807) is 12.1 Å². The highest BCUT2D eigenvalue weighted by atomic mass is 16.5. The first kappa shape index (κ1) is 23.2. The maximum Gasteiger partial charge on any atom is 0.326 e. The number of nitrogens with one attached hydrogen (secondary N) is 1. The zero-order valence-electron chi connectivity index (χ0n) is 20.3. The second-order valence-electron chi connectivity index (χ2n) is 9.79. The highest BCUT2D eigenvalue weighted by Crippen LogP contribution is 2.60. The van der Waals surface area contributed by atoms with E-state index in [9.17, 15) is 19.2 Å². The van der Waals surface area contributed by atoms with Gasteiger partial charge in [-0.05, 0) is 46.4 Å². The molecule has 3 aliphatic carbocycles. The summed E-state index contributed by atoms with van der Waals surface area (Å²) < 4.78 is 5.13. The summed E-state index contributed by atoms with van der Waals surface area (Å²) >= 11 is 0. The fourth-order valence-corrected chi connectivity index (χ4v) is 6.24. The number of imide groups is 1. The number of aryl methyl sites for hydroxylation is 1. The van der Waals surface area contributed by atoms with Crippen LogP contribution in [0.1, 0.15) is 46.6 Å². The summed E-state index contributed by atoms with van der Waals surface area (Å²) in [6, 6.07) is 23.3. The number of hydrogen-bond acceptors (Lipinski definition) is 5. The second kappa shape index (κ2) is 9.00. The third kappa shape index (κ3) is 3.73. The first-order chi connectivity index (χ1) is 18.0. The highest BCUT2D eigenvalue weighted by molar-refractivity contribution is 6.09. The summed E-state index contributed by atoms with van der Waals surface area (Å²) in [5.41, 5.74) is 6.03. The van der Waals surface area contributed by atoms with E-state index in [4.69, 9.17) is 4.74 Å². The number of benzene rings is 3. The van der Waals surface area contributed by atoms with Crippen LogP contribution in [0.25, 0.3) is 0 Å². The Kier molecular flexibility index (Phi) is 5.63. The van der Waals surface area contributed by atoms with Crippen LogP contribution in [0.2, 0.25) is 0 Å². The molecule has 0 aromatic heterocycles. The third-order valence-corrected chi connectivity index (χ3v) is 7.84. The van der Waals surface area contributed by atoms with Crippen molar-refractivity contribution < 1.29 is 23.9 Å². The first-order valence-electron chi connectivity index (χ1n) is 12.5. The summed E-state index contributed by atoms with van der Waals surface area (Å²) in [6.45, 7) is 1.04. The molecule has 7 nitrogen and oxygen atoms in total. The zero-order valence-corrected chi connectivity index (χ0v) is 20.3. The van der Waals surface area contributed by atoms with E-state index < -0.39 is 36.9 Å². The molecule has 0 saturated carbocycles. The highest BCUT2D eigenvalue weighted by Gasteiger charge is 2.61. The van der Waals surface area contributed by atoms with Gasteiger partial charge in [-0.1, -0.05) is 67.6 Å². The lowest BCUT2D eigenvalue weighted by atomic mass is 9.55. The van der Waals surface area contributed by atoms with Gasteiger partial charge in [-0.25, -0.2) is 0 Å². The number of anilines is 1. The molecule has 1 saturated heterocycles. The number of likely N-dealkylation sites (tertiary alicyclic amines) is 1. The Hall–Kier alpha value is -4.26. The Morgan fingerprint density at radius 3 is 1.73 bits per heavy atom. The summed E-state index contributed by atoms with van der Waals surface area (Å²) in [5, 5.41) is 2.68. The summed E-state index contributed by atoms with van der Waals surface area (Å²) in [4.78, 5) is 53.0. The van der Waals surface area contributed by atoms with Crippen molar-refractivity contribution >= 4 is 29.4 Å². The lowest BCUT2D eigenvalue weighted by Gasteiger charge is -2.45. The Labute approximate surface area is 214 Å². The first-order valence-corrected chi connectivity index (χ1v) is 12.5. The molecule has 3 amide bonds. The zero-order chi connectivity index (χ0) is 25.7. The van der Waals surface area contributed by atoms with E-state index in [0.29, 0.717) is 5.69 Å². The van der Waals surface area contributed by atoms with Crippen LogP contribution in [-0.2, 0) is 30.3 Å². The van der Waals surface area contributed by atoms with Gasteiger partial charge in [0.05, 0.1) is 11.8 Å². The summed E-state index contributed by atoms with van der Waals surface area (Å²) in [7, 11) is 0. The van der Waals surface area contributed by atoms with Crippen LogP contribution >= 0.6 is 0 Å². The van der Waals surface area contributed by atoms with Gasteiger partial charge in [0.15, 0.2) is 6.61 Å². The molecule has 0 radical (unpaired) electrons. The minimum absolute atomic E-state index is 0.232. The molecular formula is C30H26N2O5. The van der Waals surface area contributed by atoms with Crippen LogP contribution in [0.15, 0.2) is 72.8 Å². The summed E-state index contributed by atoms with van der Waals surface area (Å²) in [6.07, 6.45) is 0.890. The van der Waals surface area contributed by atoms with Crippen molar-refractivity contribution in [3.8, 4) is 0 Å². The monoisotopic (exact) mass is 494 g/mol. The molecule has 7 heteroatoms. The quantitative estimate of drug-likeness (QED) is 0.417. The minimum Gasteiger partial charge on any atom is -0.454 e. The molecule has 2 bridgehead atoms. The molecule has 1 aliphatic heterocycles. The lowest BCUT2D eigenvalue weighted by Crippen LogP contribution is -2.41. The third-order valence-electron chi connectivity index (χ3n) is 7.84. The minimum atomic E-state index is -0.792. The predicted octanol–water partition coefficient (Wildman–Crippen LogP) is 3.62. The van der Waals surface area contributed by atoms with E-state index in [1.165, 1.54) is 0 Å². The number of ether oxygens (including phenoxy) is 1. The van der Waals surface area contributed by atoms with Crippen LogP contribution in [0, 0.1) is 11.8 Å². The van der Waals surface area contributed by atoms with Crippen molar-refractivity contribution in [2.45, 2.75) is 25.2 Å². The van der Waals surface area contributed by atoms with Gasteiger partial charge in [0.2, 0.25) is 11.8 Å². The van der Waals surface area contributed by atoms with Crippen LogP contribution in [-0.4, -0.2) is 41.7 Å². The number of carbonyl (C=O) groups is 4. The topological polar surface area (TPSA) is 92.8 Å². The smallest absolute Gasteiger partial charge is 0.326 e. The summed E-state index contributed by atoms with van der Waals surface area (Å²) in [5.74, 6) is -3.56. The molecule has 3 aromatic carbocycles. The van der Waals surface area contributed by atoms with E-state index in [1.807, 2.05) is 67.6 Å². The van der Waals surface area contributed by atoms with Crippen molar-refractivity contribution in [3.63, 3.8) is 0 Å². The predicted molar refractivity (Wildman–Crippen MR) is 136 cm³/mol. The van der Waals surface area contributed by atoms with Crippen molar-refractivity contribution in [2.24, 2.45) is 11.8 Å². The normalized spacial score (nSPS) is 22.8. The molecule has 1 heterocycles. The van der Waals surface area contributed by atoms with Crippen LogP contribution in [0.5, 0.6) is 0 Å². The van der Waals surface area contributed by atoms with Gasteiger partial charge in [0.1, 0.15) is 6.54 Å². The molecule has 0 unspecified atom stereocenters. The van der Waals surface area contributed by atoms with E-state index in [0.717, 1.165) is 39.1 Å². The lowest BCUT2D eigenvalue weighted by molar-refractivity contribution is -0.154. The average molecular weight is 495 g/mol. The molecule has 186 valence electrons. The molecule has 3 aromatic rings. The molecule has 37 heavy (non-hydrogen) atoms. The van der Waals surface area contributed by atoms with Crippen molar-refractivity contribution in [3.05, 3.63) is 101 Å². The van der Waals surface area contributed by atoms with Crippen LogP contribution in [0.4, 0.5) is 5.69 Å². The number of esters is 1. The van der Waals surface area contributed by atoms with Crippen molar-refractivity contribution in [2.75, 3.05) is 18.5 Å². The van der Waals surface area contributed by atoms with Crippen molar-refractivity contribution in [1.29, 1.82) is 0 Å². The molecule has 0 spiro atoms. The molecule has 1 N–H and O–H groups in total. The number of carbonyl (C=O) groups excluding carboxylic acids is 4. The largest absolute Gasteiger partial charge is 0.454 e. The standard InChI is InChI=1S/C30H26N2O5/c1-2-17-11-13-18(14-12-17)31-23(33)16-37-24(34)15-32-29(35)27-25-19-7-3-4-8-20(19)26(28(27)30(32)36)22-10-6-5-9-21(22)25/h3-14,25-28H,2,15-16H2,1H3,(H,31,33)/t25?,26?,27-,28-/m1/s1. The molecule has 7 rings (SSSR count). The molecule has 1 fully saturated rings. The van der Waals surface area contributed by atoms with Crippen LogP contribution in [0.3, 0.4) is 0 Å². The number of amides is 3. The van der Waals surface area contributed by atoms with E-state index >= 15 is 0 Å². The number of nitrogens with zero attached hydrogens (tertiary/aromatic N) is 1. The Balaban J connectivity index is 1.16. The number of hydrogen-bond donors (Lipinski definition) is 1. The average Bonchev–Trinajstić information content (AvgIpc) is 3.17. The Bertz CT molecular complexity index is 1310. The van der Waals surface area contributed by atoms with Gasteiger partial charge in [0, 0.05) is 17.5 Å². The fraction of sp³-hybridized carbons (Fsp3) is 0.267. The van der Waals surface area contributed by atoms with Crippen molar-refractivity contribution in [1.82, 2.24) is 4.90 Å². The molecular weight excluding hydrogens is 468 g/mol. The maximum absolute atomic E-state index is 13.5. The second-order valence-corrected chi connectivity index (χ2v) is 9.79. The Morgan fingerprint density at radius 1 is 0.784 bits per heavy atom. The van der Waals surface area contributed by atoms with E-state index in [-0.39, 0.29) is 23.7 Å². The van der Waals surface area contributed by atoms with Gasteiger partial charge in [-0.15, -0.1) is 0 Å². The Morgan fingerprint density at radius 2 is 1.27 bits per heavy atom. The number of rotatable bonds is 6.